The number of non-ortho nitro benzene ring substituents is 1. The first-order chi connectivity index (χ1) is 17.1. The lowest BCUT2D eigenvalue weighted by Crippen LogP contribution is -2.16. The number of rotatable bonds is 7. The number of hydrazone groups is 1. The third kappa shape index (κ3) is 4.72. The lowest BCUT2D eigenvalue weighted by molar-refractivity contribution is -0.384. The summed E-state index contributed by atoms with van der Waals surface area (Å²) in [5.74, 6) is 0.0162. The van der Waals surface area contributed by atoms with Crippen molar-refractivity contribution < 1.29 is 14.1 Å². The summed E-state index contributed by atoms with van der Waals surface area (Å²) in [6.45, 7) is 0.722. The predicted molar refractivity (Wildman–Crippen MR) is 133 cm³/mol. The molecule has 0 saturated heterocycles. The number of para-hydroxylation sites is 1. The molecule has 0 aliphatic heterocycles. The number of carbonyl (C=O) groups is 1. The van der Waals surface area contributed by atoms with Gasteiger partial charge < -0.3 is 8.98 Å². The molecule has 0 radical (unpaired) electrons. The number of carbonyl (C=O) groups excluding carboxylic acids is 1. The van der Waals surface area contributed by atoms with Crippen LogP contribution in [0.25, 0.3) is 22.2 Å². The van der Waals surface area contributed by atoms with Gasteiger partial charge in [-0.15, -0.1) is 0 Å². The summed E-state index contributed by atoms with van der Waals surface area (Å²) >= 11 is 0. The molecule has 0 aliphatic carbocycles. The zero-order valence-corrected chi connectivity index (χ0v) is 18.5. The van der Waals surface area contributed by atoms with E-state index >= 15 is 0 Å². The highest BCUT2D eigenvalue weighted by molar-refractivity contribution is 6.00. The molecule has 5 rings (SSSR count). The quantitative estimate of drug-likeness (QED) is 0.192. The molecule has 2 heterocycles. The second-order valence-corrected chi connectivity index (χ2v) is 7.88. The fourth-order valence-electron chi connectivity index (χ4n) is 3.87. The Morgan fingerprint density at radius 3 is 2.49 bits per heavy atom. The molecule has 0 spiro atoms. The summed E-state index contributed by atoms with van der Waals surface area (Å²) in [7, 11) is 0. The Bertz CT molecular complexity index is 1530. The molecule has 3 aromatic carbocycles. The Kier molecular flexibility index (Phi) is 5.92. The van der Waals surface area contributed by atoms with Gasteiger partial charge in [0.05, 0.1) is 11.1 Å². The van der Waals surface area contributed by atoms with Gasteiger partial charge in [-0.1, -0.05) is 48.5 Å². The van der Waals surface area contributed by atoms with Crippen molar-refractivity contribution in [2.75, 3.05) is 0 Å². The number of furan rings is 1. The number of benzene rings is 3. The van der Waals surface area contributed by atoms with Gasteiger partial charge in [-0.3, -0.25) is 14.9 Å². The molecule has 2 aromatic heterocycles. The van der Waals surface area contributed by atoms with Crippen LogP contribution in [0.2, 0.25) is 0 Å². The molecular formula is C27H20N4O4. The van der Waals surface area contributed by atoms with Gasteiger partial charge in [-0.05, 0) is 35.9 Å². The van der Waals surface area contributed by atoms with E-state index in [4.69, 9.17) is 4.42 Å². The van der Waals surface area contributed by atoms with Crippen molar-refractivity contribution in [1.29, 1.82) is 0 Å². The fraction of sp³-hybridized carbons (Fsp3) is 0.0370. The largest absolute Gasteiger partial charge is 0.451 e. The van der Waals surface area contributed by atoms with Gasteiger partial charge in [0.2, 0.25) is 0 Å². The van der Waals surface area contributed by atoms with Crippen LogP contribution in [-0.2, 0) is 6.54 Å². The van der Waals surface area contributed by atoms with Crippen molar-refractivity contribution in [3.8, 4) is 11.3 Å². The van der Waals surface area contributed by atoms with Crippen molar-refractivity contribution in [3.63, 3.8) is 0 Å². The molecule has 0 atom stereocenters. The topological polar surface area (TPSA) is 103 Å². The monoisotopic (exact) mass is 464 g/mol. The van der Waals surface area contributed by atoms with Crippen LogP contribution in [0, 0.1) is 10.1 Å². The van der Waals surface area contributed by atoms with Crippen LogP contribution in [0.5, 0.6) is 0 Å². The molecule has 0 fully saturated rings. The number of nitro benzene ring substituents is 1. The van der Waals surface area contributed by atoms with Crippen LogP contribution >= 0.6 is 0 Å². The van der Waals surface area contributed by atoms with E-state index < -0.39 is 10.8 Å². The standard InChI is InChI=1S/C27H20N4O4/c32-27(26-15-14-25(35-26)20-10-12-22(13-11-20)31(33)34)29-28-16-21-18-30(17-19-6-2-1-3-7-19)24-9-5-4-8-23(21)24/h1-16,18H,17H2,(H,29,32). The van der Waals surface area contributed by atoms with Gasteiger partial charge in [0, 0.05) is 46.9 Å². The highest BCUT2D eigenvalue weighted by Gasteiger charge is 2.13. The lowest BCUT2D eigenvalue weighted by atomic mass is 10.1. The third-order valence-corrected chi connectivity index (χ3v) is 5.58. The molecule has 0 saturated carbocycles. The molecule has 1 N–H and O–H groups in total. The molecular weight excluding hydrogens is 444 g/mol. The molecule has 172 valence electrons. The smallest absolute Gasteiger partial charge is 0.307 e. The van der Waals surface area contributed by atoms with Crippen molar-refractivity contribution in [2.45, 2.75) is 6.54 Å². The van der Waals surface area contributed by atoms with Crippen LogP contribution < -0.4 is 5.43 Å². The molecule has 1 amide bonds. The van der Waals surface area contributed by atoms with Gasteiger partial charge >= 0.3 is 5.91 Å². The number of hydrogen-bond acceptors (Lipinski definition) is 5. The minimum absolute atomic E-state index is 0.0160. The van der Waals surface area contributed by atoms with Crippen LogP contribution in [0.3, 0.4) is 0 Å². The summed E-state index contributed by atoms with van der Waals surface area (Å²) in [5.41, 5.74) is 6.25. The van der Waals surface area contributed by atoms with Gasteiger partial charge in [-0.25, -0.2) is 5.43 Å². The Morgan fingerprint density at radius 1 is 0.971 bits per heavy atom. The van der Waals surface area contributed by atoms with Crippen LogP contribution in [0.1, 0.15) is 21.7 Å². The lowest BCUT2D eigenvalue weighted by Gasteiger charge is -2.05. The number of hydrogen-bond donors (Lipinski definition) is 1. The van der Waals surface area contributed by atoms with Crippen molar-refractivity contribution >= 4 is 28.7 Å². The Labute approximate surface area is 200 Å². The molecule has 8 nitrogen and oxygen atoms in total. The second-order valence-electron chi connectivity index (χ2n) is 7.88. The first-order valence-corrected chi connectivity index (χ1v) is 10.9. The van der Waals surface area contributed by atoms with E-state index in [9.17, 15) is 14.9 Å². The summed E-state index contributed by atoms with van der Waals surface area (Å²) in [4.78, 5) is 22.9. The molecule has 0 unspecified atom stereocenters. The number of aromatic nitrogens is 1. The SMILES string of the molecule is O=C(NN=Cc1cn(Cc2ccccc2)c2ccccc12)c1ccc(-c2ccc([N+](=O)[O-])cc2)o1. The molecule has 5 aromatic rings. The summed E-state index contributed by atoms with van der Waals surface area (Å²) < 4.78 is 7.77. The van der Waals surface area contributed by atoms with E-state index in [0.717, 1.165) is 23.0 Å². The molecule has 35 heavy (non-hydrogen) atoms. The number of nitrogens with zero attached hydrogens (tertiary/aromatic N) is 3. The Morgan fingerprint density at radius 2 is 1.71 bits per heavy atom. The number of amides is 1. The average Bonchev–Trinajstić information content (AvgIpc) is 3.51. The first kappa shape index (κ1) is 21.8. The first-order valence-electron chi connectivity index (χ1n) is 10.9. The van der Waals surface area contributed by atoms with Gasteiger partial charge in [0.25, 0.3) is 5.69 Å². The van der Waals surface area contributed by atoms with Crippen LogP contribution in [0.15, 0.2) is 107 Å². The van der Waals surface area contributed by atoms with Crippen LogP contribution in [0.4, 0.5) is 5.69 Å². The highest BCUT2D eigenvalue weighted by atomic mass is 16.6. The molecule has 0 aliphatic rings. The van der Waals surface area contributed by atoms with Gasteiger partial charge in [0.15, 0.2) is 5.76 Å². The highest BCUT2D eigenvalue weighted by Crippen LogP contribution is 2.25. The number of fused-ring (bicyclic) bond motifs is 1. The van der Waals surface area contributed by atoms with E-state index in [1.165, 1.54) is 23.8 Å². The second kappa shape index (κ2) is 9.48. The Hall–Kier alpha value is -4.98. The summed E-state index contributed by atoms with van der Waals surface area (Å²) in [6.07, 6.45) is 3.62. The molecule has 8 heteroatoms. The van der Waals surface area contributed by atoms with Crippen LogP contribution in [-0.4, -0.2) is 21.6 Å². The minimum atomic E-state index is -0.498. The maximum atomic E-state index is 12.5. The van der Waals surface area contributed by atoms with E-state index in [-0.39, 0.29) is 11.4 Å². The number of nitro groups is 1. The molecule has 0 bridgehead atoms. The fourth-order valence-corrected chi connectivity index (χ4v) is 3.87. The zero-order valence-electron chi connectivity index (χ0n) is 18.5. The van der Waals surface area contributed by atoms with Crippen molar-refractivity contribution in [3.05, 3.63) is 124 Å². The van der Waals surface area contributed by atoms with E-state index in [0.29, 0.717) is 11.3 Å². The summed E-state index contributed by atoms with van der Waals surface area (Å²) in [6, 6.07) is 27.3. The Balaban J connectivity index is 1.30. The number of nitrogens with one attached hydrogen (secondary N) is 1. The van der Waals surface area contributed by atoms with E-state index in [1.807, 2.05) is 42.6 Å². The van der Waals surface area contributed by atoms with E-state index in [1.54, 1.807) is 24.4 Å². The van der Waals surface area contributed by atoms with Gasteiger partial charge in [-0.2, -0.15) is 5.10 Å². The summed E-state index contributed by atoms with van der Waals surface area (Å²) in [5, 5.41) is 16.0. The third-order valence-electron chi connectivity index (χ3n) is 5.58. The predicted octanol–water partition coefficient (Wildman–Crippen LogP) is 5.62. The maximum absolute atomic E-state index is 12.5. The van der Waals surface area contributed by atoms with Gasteiger partial charge in [0.1, 0.15) is 5.76 Å². The van der Waals surface area contributed by atoms with Crippen molar-refractivity contribution in [1.82, 2.24) is 9.99 Å². The normalized spacial score (nSPS) is 11.2. The van der Waals surface area contributed by atoms with E-state index in [2.05, 4.69) is 33.3 Å². The maximum Gasteiger partial charge on any atom is 0.307 e. The zero-order chi connectivity index (χ0) is 24.2. The minimum Gasteiger partial charge on any atom is -0.451 e. The average molecular weight is 464 g/mol. The van der Waals surface area contributed by atoms with Crippen molar-refractivity contribution in [2.24, 2.45) is 5.10 Å².